The summed E-state index contributed by atoms with van der Waals surface area (Å²) in [4.78, 5) is 2.46. The predicted molar refractivity (Wildman–Crippen MR) is 81.1 cm³/mol. The Morgan fingerprint density at radius 3 is 2.86 bits per heavy atom. The first-order chi connectivity index (χ1) is 10.8. The van der Waals surface area contributed by atoms with Crippen molar-refractivity contribution in [2.75, 3.05) is 19.8 Å². The maximum atomic E-state index is 5.71. The van der Waals surface area contributed by atoms with E-state index in [-0.39, 0.29) is 0 Å². The van der Waals surface area contributed by atoms with Gasteiger partial charge in [-0.25, -0.2) is 0 Å². The van der Waals surface area contributed by atoms with Gasteiger partial charge >= 0.3 is 0 Å². The molecule has 1 fully saturated rings. The summed E-state index contributed by atoms with van der Waals surface area (Å²) in [6.45, 7) is 5.11. The Morgan fingerprint density at radius 1 is 1.18 bits per heavy atom. The summed E-state index contributed by atoms with van der Waals surface area (Å²) in [5.41, 5.74) is 2.30. The maximum absolute atomic E-state index is 5.71. The molecular weight excluding hydrogens is 280 g/mol. The Morgan fingerprint density at radius 2 is 2.05 bits per heavy atom. The molecule has 0 spiro atoms. The zero-order chi connectivity index (χ0) is 14.9. The summed E-state index contributed by atoms with van der Waals surface area (Å²) in [5.74, 6) is 2.59. The van der Waals surface area contributed by atoms with Crippen LogP contribution in [-0.2, 0) is 6.54 Å². The highest BCUT2D eigenvalue weighted by Crippen LogP contribution is 2.38. The van der Waals surface area contributed by atoms with Crippen LogP contribution in [0.25, 0.3) is 0 Å². The van der Waals surface area contributed by atoms with Crippen molar-refractivity contribution in [3.05, 3.63) is 41.3 Å². The fourth-order valence-corrected chi connectivity index (χ4v) is 3.36. The van der Waals surface area contributed by atoms with Gasteiger partial charge in [0.1, 0.15) is 19.0 Å². The van der Waals surface area contributed by atoms with E-state index in [0.717, 1.165) is 42.5 Å². The van der Waals surface area contributed by atoms with Crippen LogP contribution in [0.2, 0.25) is 0 Å². The summed E-state index contributed by atoms with van der Waals surface area (Å²) in [7, 11) is 0. The van der Waals surface area contributed by atoms with Crippen LogP contribution < -0.4 is 9.47 Å². The van der Waals surface area contributed by atoms with E-state index >= 15 is 0 Å². The molecule has 0 N–H and O–H groups in total. The monoisotopic (exact) mass is 300 g/mol. The number of benzene rings is 1. The topological polar surface area (TPSA) is 47.7 Å². The molecule has 116 valence electrons. The average Bonchev–Trinajstić information content (AvgIpc) is 3.16. The van der Waals surface area contributed by atoms with Crippen molar-refractivity contribution in [2.24, 2.45) is 0 Å². The van der Waals surface area contributed by atoms with E-state index in [4.69, 9.17) is 14.0 Å². The SMILES string of the molecule is Cc1cc(CN2CCCC2c2ccc3c(c2)OCCO3)no1. The second-order valence-electron chi connectivity index (χ2n) is 5.96. The van der Waals surface area contributed by atoms with Crippen molar-refractivity contribution in [3.8, 4) is 11.5 Å². The van der Waals surface area contributed by atoms with Gasteiger partial charge in [-0.15, -0.1) is 0 Å². The Hall–Kier alpha value is -2.01. The third-order valence-electron chi connectivity index (χ3n) is 4.36. The minimum absolute atomic E-state index is 0.410. The smallest absolute Gasteiger partial charge is 0.161 e. The van der Waals surface area contributed by atoms with Gasteiger partial charge < -0.3 is 14.0 Å². The summed E-state index contributed by atoms with van der Waals surface area (Å²) in [6.07, 6.45) is 2.37. The Kier molecular flexibility index (Phi) is 3.50. The van der Waals surface area contributed by atoms with Gasteiger partial charge in [-0.1, -0.05) is 11.2 Å². The molecule has 1 saturated heterocycles. The maximum Gasteiger partial charge on any atom is 0.161 e. The Bertz CT molecular complexity index is 668. The lowest BCUT2D eigenvalue weighted by atomic mass is 10.0. The lowest BCUT2D eigenvalue weighted by Gasteiger charge is -2.25. The first-order valence-corrected chi connectivity index (χ1v) is 7.85. The van der Waals surface area contributed by atoms with Crippen LogP contribution in [0.15, 0.2) is 28.8 Å². The van der Waals surface area contributed by atoms with Gasteiger partial charge in [0.2, 0.25) is 0 Å². The number of nitrogens with zero attached hydrogens (tertiary/aromatic N) is 2. The van der Waals surface area contributed by atoms with Gasteiger partial charge in [-0.05, 0) is 44.0 Å². The van der Waals surface area contributed by atoms with Gasteiger partial charge in [0.05, 0.1) is 5.69 Å². The van der Waals surface area contributed by atoms with Gasteiger partial charge in [0.25, 0.3) is 0 Å². The quantitative estimate of drug-likeness (QED) is 0.871. The van der Waals surface area contributed by atoms with Crippen LogP contribution in [0.3, 0.4) is 0 Å². The molecule has 1 atom stereocenters. The van der Waals surface area contributed by atoms with Crippen LogP contribution in [-0.4, -0.2) is 29.8 Å². The minimum Gasteiger partial charge on any atom is -0.486 e. The molecule has 0 aliphatic carbocycles. The van der Waals surface area contributed by atoms with Crippen molar-refractivity contribution >= 4 is 0 Å². The number of aryl methyl sites for hydroxylation is 1. The lowest BCUT2D eigenvalue weighted by Crippen LogP contribution is -2.23. The molecule has 2 aromatic rings. The molecule has 1 aromatic heterocycles. The Balaban J connectivity index is 1.55. The standard InChI is InChI=1S/C17H20N2O3/c1-12-9-14(18-22-12)11-19-6-2-3-15(19)13-4-5-16-17(10-13)21-8-7-20-16/h4-5,9-10,15H,2-3,6-8,11H2,1H3. The van der Waals surface area contributed by atoms with Gasteiger partial charge in [0.15, 0.2) is 11.5 Å². The Labute approximate surface area is 129 Å². The highest BCUT2D eigenvalue weighted by Gasteiger charge is 2.28. The molecule has 3 heterocycles. The molecule has 4 rings (SSSR count). The highest BCUT2D eigenvalue weighted by atomic mass is 16.6. The fourth-order valence-electron chi connectivity index (χ4n) is 3.36. The number of hydrogen-bond donors (Lipinski definition) is 0. The van der Waals surface area contributed by atoms with Gasteiger partial charge in [-0.3, -0.25) is 4.90 Å². The molecule has 1 aromatic carbocycles. The third-order valence-corrected chi connectivity index (χ3v) is 4.36. The molecular formula is C17H20N2O3. The van der Waals surface area contributed by atoms with E-state index in [9.17, 15) is 0 Å². The number of likely N-dealkylation sites (tertiary alicyclic amines) is 1. The lowest BCUT2D eigenvalue weighted by molar-refractivity contribution is 0.170. The number of fused-ring (bicyclic) bond motifs is 1. The summed E-state index contributed by atoms with van der Waals surface area (Å²) in [6, 6.07) is 8.74. The highest BCUT2D eigenvalue weighted by molar-refractivity contribution is 5.44. The number of ether oxygens (including phenoxy) is 2. The van der Waals surface area contributed by atoms with Crippen molar-refractivity contribution in [1.82, 2.24) is 10.1 Å². The summed E-state index contributed by atoms with van der Waals surface area (Å²) in [5, 5.41) is 4.12. The molecule has 0 radical (unpaired) electrons. The van der Waals surface area contributed by atoms with Crippen molar-refractivity contribution in [2.45, 2.75) is 32.4 Å². The van der Waals surface area contributed by atoms with E-state index in [1.807, 2.05) is 19.1 Å². The van der Waals surface area contributed by atoms with Crippen LogP contribution in [0.4, 0.5) is 0 Å². The summed E-state index contributed by atoms with van der Waals surface area (Å²) >= 11 is 0. The second-order valence-corrected chi connectivity index (χ2v) is 5.96. The zero-order valence-corrected chi connectivity index (χ0v) is 12.7. The van der Waals surface area contributed by atoms with E-state index < -0.39 is 0 Å². The van der Waals surface area contributed by atoms with Crippen LogP contribution in [0, 0.1) is 6.92 Å². The number of rotatable bonds is 3. The first-order valence-electron chi connectivity index (χ1n) is 7.85. The van der Waals surface area contributed by atoms with Gasteiger partial charge in [0, 0.05) is 18.7 Å². The molecule has 5 nitrogen and oxygen atoms in total. The minimum atomic E-state index is 0.410. The molecule has 0 bridgehead atoms. The average molecular weight is 300 g/mol. The van der Waals surface area contributed by atoms with E-state index in [1.54, 1.807) is 0 Å². The molecule has 2 aliphatic heterocycles. The van der Waals surface area contributed by atoms with E-state index in [2.05, 4.69) is 22.2 Å². The van der Waals surface area contributed by atoms with E-state index in [1.165, 1.54) is 12.0 Å². The fraction of sp³-hybridized carbons (Fsp3) is 0.471. The summed E-state index contributed by atoms with van der Waals surface area (Å²) < 4.78 is 16.5. The third kappa shape index (κ3) is 2.57. The van der Waals surface area contributed by atoms with Crippen molar-refractivity contribution in [3.63, 3.8) is 0 Å². The number of hydrogen-bond acceptors (Lipinski definition) is 5. The van der Waals surface area contributed by atoms with Gasteiger partial charge in [-0.2, -0.15) is 0 Å². The van der Waals surface area contributed by atoms with Crippen molar-refractivity contribution < 1.29 is 14.0 Å². The van der Waals surface area contributed by atoms with Crippen LogP contribution >= 0.6 is 0 Å². The molecule has 22 heavy (non-hydrogen) atoms. The second kappa shape index (κ2) is 5.65. The normalized spacial score (nSPS) is 21.2. The molecule has 1 unspecified atom stereocenters. The largest absolute Gasteiger partial charge is 0.486 e. The molecule has 0 amide bonds. The van der Waals surface area contributed by atoms with E-state index in [0.29, 0.717) is 19.3 Å². The molecule has 0 saturated carbocycles. The zero-order valence-electron chi connectivity index (χ0n) is 12.7. The van der Waals surface area contributed by atoms with Crippen molar-refractivity contribution in [1.29, 1.82) is 0 Å². The molecule has 2 aliphatic rings. The first kappa shape index (κ1) is 13.6. The van der Waals surface area contributed by atoms with Crippen LogP contribution in [0.1, 0.15) is 35.9 Å². The number of aromatic nitrogens is 1. The molecule has 5 heteroatoms. The van der Waals surface area contributed by atoms with Crippen LogP contribution in [0.5, 0.6) is 11.5 Å². The predicted octanol–water partition coefficient (Wildman–Crippen LogP) is 3.09.